The maximum Gasteiger partial charge on any atom is 0.305 e. The molecule has 0 saturated heterocycles. The van der Waals surface area contributed by atoms with Crippen molar-refractivity contribution >= 4 is 17.8 Å². The Hall–Kier alpha value is -1.89. The molecule has 0 aromatic heterocycles. The Bertz CT molecular complexity index is 625. The Kier molecular flexibility index (Phi) is 22.8. The molecule has 1 heterocycles. The lowest BCUT2D eigenvalue weighted by Crippen LogP contribution is -2.33. The fourth-order valence-electron chi connectivity index (χ4n) is 3.35. The van der Waals surface area contributed by atoms with Crippen LogP contribution in [0.1, 0.15) is 51.9 Å². The predicted molar refractivity (Wildman–Crippen MR) is 140 cm³/mol. The average Bonchev–Trinajstić information content (AvgIpc) is 3.23. The molecule has 0 spiro atoms. The third-order valence-electron chi connectivity index (χ3n) is 5.44. The fourth-order valence-corrected chi connectivity index (χ4v) is 3.35. The number of amides is 2. The summed E-state index contributed by atoms with van der Waals surface area (Å²) in [4.78, 5) is 35.5. The Morgan fingerprint density at radius 1 is 0.579 bits per heavy atom. The second kappa shape index (κ2) is 25.4. The molecule has 0 aromatic rings. The summed E-state index contributed by atoms with van der Waals surface area (Å²) in [6, 6.07) is 0. The van der Waals surface area contributed by atoms with E-state index in [0.717, 1.165) is 17.7 Å². The van der Waals surface area contributed by atoms with E-state index < -0.39 is 0 Å². The minimum absolute atomic E-state index is 0.151. The first kappa shape index (κ1) is 34.1. The highest BCUT2D eigenvalue weighted by Crippen LogP contribution is 2.07. The zero-order valence-corrected chi connectivity index (χ0v) is 23.0. The van der Waals surface area contributed by atoms with Gasteiger partial charge in [0, 0.05) is 18.6 Å². The van der Waals surface area contributed by atoms with Crippen LogP contribution in [0.5, 0.6) is 0 Å². The van der Waals surface area contributed by atoms with Gasteiger partial charge in [-0.25, -0.2) is 0 Å². The highest BCUT2D eigenvalue weighted by atomic mass is 16.6. The quantitative estimate of drug-likeness (QED) is 0.0823. The van der Waals surface area contributed by atoms with Gasteiger partial charge in [-0.3, -0.25) is 19.3 Å². The summed E-state index contributed by atoms with van der Waals surface area (Å²) in [5, 5.41) is 0. The monoisotopic (exact) mass is 545 g/mol. The van der Waals surface area contributed by atoms with Gasteiger partial charge in [-0.2, -0.15) is 0 Å². The number of imide groups is 1. The molecular formula is C27H47NO10. The van der Waals surface area contributed by atoms with Crippen LogP contribution in [0.15, 0.2) is 12.2 Å². The lowest BCUT2D eigenvalue weighted by atomic mass is 10.1. The van der Waals surface area contributed by atoms with E-state index in [2.05, 4.69) is 6.92 Å². The minimum Gasteiger partial charge on any atom is -0.463 e. The molecule has 0 unspecified atom stereocenters. The van der Waals surface area contributed by atoms with E-state index in [1.807, 2.05) is 0 Å². The van der Waals surface area contributed by atoms with Crippen molar-refractivity contribution in [2.45, 2.75) is 51.9 Å². The molecule has 0 aliphatic carbocycles. The highest BCUT2D eigenvalue weighted by molar-refractivity contribution is 6.12. The normalized spacial score (nSPS) is 13.1. The average molecular weight is 546 g/mol. The van der Waals surface area contributed by atoms with Crippen LogP contribution in [-0.4, -0.2) is 115 Å². The van der Waals surface area contributed by atoms with Crippen molar-refractivity contribution in [1.82, 2.24) is 4.90 Å². The van der Waals surface area contributed by atoms with E-state index >= 15 is 0 Å². The summed E-state index contributed by atoms with van der Waals surface area (Å²) >= 11 is 0. The van der Waals surface area contributed by atoms with Crippen molar-refractivity contribution in [3.63, 3.8) is 0 Å². The third kappa shape index (κ3) is 20.1. The maximum atomic E-state index is 11.6. The molecule has 2 amide bonds. The van der Waals surface area contributed by atoms with Crippen LogP contribution in [0.3, 0.4) is 0 Å². The van der Waals surface area contributed by atoms with Gasteiger partial charge >= 0.3 is 5.97 Å². The smallest absolute Gasteiger partial charge is 0.305 e. The van der Waals surface area contributed by atoms with E-state index in [9.17, 15) is 14.4 Å². The molecule has 0 atom stereocenters. The molecule has 1 rings (SSSR count). The van der Waals surface area contributed by atoms with Crippen LogP contribution in [-0.2, 0) is 47.5 Å². The molecule has 38 heavy (non-hydrogen) atoms. The Balaban J connectivity index is 1.68. The van der Waals surface area contributed by atoms with E-state index in [0.29, 0.717) is 79.1 Å². The predicted octanol–water partition coefficient (Wildman–Crippen LogP) is 2.30. The van der Waals surface area contributed by atoms with Crippen LogP contribution >= 0.6 is 0 Å². The SMILES string of the molecule is CCCCCCCCC(=O)OCCOCCOCCOCCOCCOCCOCCN1C(=O)C=CC1=O. The van der Waals surface area contributed by atoms with Gasteiger partial charge in [0.05, 0.1) is 85.8 Å². The molecule has 0 saturated carbocycles. The summed E-state index contributed by atoms with van der Waals surface area (Å²) in [5.74, 6) is -0.763. The molecule has 1 aliphatic rings. The zero-order valence-electron chi connectivity index (χ0n) is 23.0. The molecule has 0 fully saturated rings. The fraction of sp³-hybridized carbons (Fsp3) is 0.815. The van der Waals surface area contributed by atoms with Gasteiger partial charge in [-0.05, 0) is 6.42 Å². The molecule has 11 heteroatoms. The molecule has 0 bridgehead atoms. The maximum absolute atomic E-state index is 11.6. The first-order chi connectivity index (χ1) is 18.6. The number of hydrogen-bond acceptors (Lipinski definition) is 10. The number of esters is 1. The van der Waals surface area contributed by atoms with Crippen molar-refractivity contribution in [2.24, 2.45) is 0 Å². The third-order valence-corrected chi connectivity index (χ3v) is 5.44. The summed E-state index contributed by atoms with van der Waals surface area (Å²) in [6.45, 7) is 7.82. The standard InChI is InChI=1S/C27H47NO10/c1-2-3-4-5-6-7-8-27(31)38-24-23-37-22-21-36-20-19-35-18-17-34-16-15-33-14-13-32-12-11-28-25(29)9-10-26(28)30/h9-10H,2-8,11-24H2,1H3. The molecule has 1 aliphatic heterocycles. The van der Waals surface area contributed by atoms with Crippen molar-refractivity contribution in [3.8, 4) is 0 Å². The number of unbranched alkanes of at least 4 members (excludes halogenated alkanes) is 5. The van der Waals surface area contributed by atoms with Crippen molar-refractivity contribution in [2.75, 3.05) is 92.4 Å². The van der Waals surface area contributed by atoms with Crippen LogP contribution < -0.4 is 0 Å². The lowest BCUT2D eigenvalue weighted by molar-refractivity contribution is -0.145. The van der Waals surface area contributed by atoms with E-state index in [1.54, 1.807) is 0 Å². The van der Waals surface area contributed by atoms with E-state index in [1.165, 1.54) is 37.8 Å². The van der Waals surface area contributed by atoms with Gasteiger partial charge in [0.15, 0.2) is 0 Å². The summed E-state index contributed by atoms with van der Waals surface area (Å²) in [5.41, 5.74) is 0. The van der Waals surface area contributed by atoms with Crippen molar-refractivity contribution in [1.29, 1.82) is 0 Å². The van der Waals surface area contributed by atoms with Crippen LogP contribution in [0.4, 0.5) is 0 Å². The van der Waals surface area contributed by atoms with Crippen LogP contribution in [0.2, 0.25) is 0 Å². The number of nitrogens with zero attached hydrogens (tertiary/aromatic N) is 1. The second-order valence-corrected chi connectivity index (χ2v) is 8.57. The van der Waals surface area contributed by atoms with Crippen LogP contribution in [0.25, 0.3) is 0 Å². The van der Waals surface area contributed by atoms with Gasteiger partial charge in [0.1, 0.15) is 6.61 Å². The highest BCUT2D eigenvalue weighted by Gasteiger charge is 2.22. The molecule has 0 N–H and O–H groups in total. The summed E-state index contributed by atoms with van der Waals surface area (Å²) in [6.07, 6.45) is 9.90. The van der Waals surface area contributed by atoms with Gasteiger partial charge in [-0.15, -0.1) is 0 Å². The molecule has 0 aromatic carbocycles. The zero-order chi connectivity index (χ0) is 27.5. The first-order valence-electron chi connectivity index (χ1n) is 13.8. The lowest BCUT2D eigenvalue weighted by Gasteiger charge is -2.13. The Labute approximate surface area is 227 Å². The largest absolute Gasteiger partial charge is 0.463 e. The molecule has 0 radical (unpaired) electrons. The van der Waals surface area contributed by atoms with Gasteiger partial charge in [-0.1, -0.05) is 39.0 Å². The number of rotatable bonds is 28. The summed E-state index contributed by atoms with van der Waals surface area (Å²) < 4.78 is 37.6. The van der Waals surface area contributed by atoms with E-state index in [-0.39, 0.29) is 37.5 Å². The molecule has 220 valence electrons. The Morgan fingerprint density at radius 2 is 0.974 bits per heavy atom. The van der Waals surface area contributed by atoms with Crippen molar-refractivity contribution < 1.29 is 47.5 Å². The second-order valence-electron chi connectivity index (χ2n) is 8.57. The number of ether oxygens (including phenoxy) is 7. The minimum atomic E-state index is -0.306. The van der Waals surface area contributed by atoms with E-state index in [4.69, 9.17) is 33.2 Å². The number of hydrogen-bond donors (Lipinski definition) is 0. The molecule has 11 nitrogen and oxygen atoms in total. The number of carbonyl (C=O) groups is 3. The topological polar surface area (TPSA) is 119 Å². The first-order valence-corrected chi connectivity index (χ1v) is 13.8. The van der Waals surface area contributed by atoms with Gasteiger partial charge in [0.2, 0.25) is 0 Å². The summed E-state index contributed by atoms with van der Waals surface area (Å²) in [7, 11) is 0. The van der Waals surface area contributed by atoms with Crippen LogP contribution in [0, 0.1) is 0 Å². The number of carbonyl (C=O) groups excluding carboxylic acids is 3. The van der Waals surface area contributed by atoms with Gasteiger partial charge in [0.25, 0.3) is 11.8 Å². The Morgan fingerprint density at radius 3 is 1.45 bits per heavy atom. The van der Waals surface area contributed by atoms with Crippen molar-refractivity contribution in [3.05, 3.63) is 12.2 Å². The van der Waals surface area contributed by atoms with Gasteiger partial charge < -0.3 is 33.2 Å². The molecular weight excluding hydrogens is 498 g/mol.